The molecule has 1 saturated heterocycles. The smallest absolute Gasteiger partial charge is 0.322 e. The van der Waals surface area contributed by atoms with E-state index in [-0.39, 0.29) is 22.5 Å². The first-order valence-corrected chi connectivity index (χ1v) is 9.36. The van der Waals surface area contributed by atoms with Crippen LogP contribution in [0.3, 0.4) is 0 Å². The summed E-state index contributed by atoms with van der Waals surface area (Å²) >= 11 is 5.81. The Balaban J connectivity index is 1.76. The van der Waals surface area contributed by atoms with Crippen LogP contribution < -0.4 is 15.4 Å². The highest BCUT2D eigenvalue weighted by molar-refractivity contribution is 7.89. The Kier molecular flexibility index (Phi) is 4.27. The fraction of sp³-hybridized carbons (Fsp3) is 0.500. The second-order valence-corrected chi connectivity index (χ2v) is 8.22. The highest BCUT2D eigenvalue weighted by Gasteiger charge is 2.54. The van der Waals surface area contributed by atoms with Gasteiger partial charge >= 0.3 is 6.03 Å². The van der Waals surface area contributed by atoms with E-state index < -0.39 is 27.5 Å². The molecule has 0 radical (unpaired) electrons. The van der Waals surface area contributed by atoms with E-state index in [0.717, 1.165) is 6.42 Å². The van der Waals surface area contributed by atoms with Crippen LogP contribution in [0.4, 0.5) is 4.79 Å². The third-order valence-electron chi connectivity index (χ3n) is 4.61. The van der Waals surface area contributed by atoms with Crippen LogP contribution in [0.2, 0.25) is 5.15 Å². The number of amides is 3. The number of aromatic nitrogens is 1. The minimum Gasteiger partial charge on any atom is -0.323 e. The zero-order chi connectivity index (χ0) is 17.5. The van der Waals surface area contributed by atoms with Crippen LogP contribution in [0.25, 0.3) is 0 Å². The summed E-state index contributed by atoms with van der Waals surface area (Å²) in [6, 6.07) is 0.902. The van der Waals surface area contributed by atoms with Crippen LogP contribution in [0, 0.1) is 12.8 Å². The zero-order valence-electron chi connectivity index (χ0n) is 12.9. The zero-order valence-corrected chi connectivity index (χ0v) is 14.5. The summed E-state index contributed by atoms with van der Waals surface area (Å²) in [5, 5.41) is 5.13. The monoisotopic (exact) mass is 372 g/mol. The number of hydrogen-bond donors (Lipinski definition) is 3. The van der Waals surface area contributed by atoms with E-state index >= 15 is 0 Å². The van der Waals surface area contributed by atoms with Gasteiger partial charge < -0.3 is 5.32 Å². The predicted octanol–water partition coefficient (Wildman–Crippen LogP) is 0.700. The number of nitrogens with one attached hydrogen (secondary N) is 3. The number of aryl methyl sites for hydroxylation is 1. The molecule has 130 valence electrons. The number of carbonyl (C=O) groups is 2. The van der Waals surface area contributed by atoms with E-state index in [1.807, 2.05) is 0 Å². The number of carbonyl (C=O) groups excluding carboxylic acids is 2. The maximum Gasteiger partial charge on any atom is 0.322 e. The maximum atomic E-state index is 12.4. The van der Waals surface area contributed by atoms with E-state index in [0.29, 0.717) is 18.4 Å². The van der Waals surface area contributed by atoms with Gasteiger partial charge in [0.05, 0.1) is 0 Å². The van der Waals surface area contributed by atoms with Crippen LogP contribution in [-0.2, 0) is 14.8 Å². The number of pyridine rings is 1. The fourth-order valence-electron chi connectivity index (χ4n) is 3.30. The lowest BCUT2D eigenvalue weighted by Crippen LogP contribution is -2.53. The van der Waals surface area contributed by atoms with Gasteiger partial charge in [0.1, 0.15) is 15.6 Å². The summed E-state index contributed by atoms with van der Waals surface area (Å²) in [4.78, 5) is 27.4. The topological polar surface area (TPSA) is 117 Å². The molecule has 10 heteroatoms. The Hall–Kier alpha value is -1.71. The molecule has 0 bridgehead atoms. The van der Waals surface area contributed by atoms with Crippen molar-refractivity contribution in [2.75, 3.05) is 6.54 Å². The summed E-state index contributed by atoms with van der Waals surface area (Å²) in [6.45, 7) is 1.72. The van der Waals surface area contributed by atoms with Crippen LogP contribution in [0.5, 0.6) is 0 Å². The molecule has 1 aromatic heterocycles. The minimum absolute atomic E-state index is 0.0105. The maximum absolute atomic E-state index is 12.4. The van der Waals surface area contributed by atoms with Gasteiger partial charge in [-0.05, 0) is 31.4 Å². The molecular weight excluding hydrogens is 356 g/mol. The van der Waals surface area contributed by atoms with E-state index in [4.69, 9.17) is 11.6 Å². The molecular formula is C14H17ClN4O4S. The summed E-state index contributed by atoms with van der Waals surface area (Å²) in [6.07, 6.45) is 3.07. The van der Waals surface area contributed by atoms with Crippen LogP contribution in [0.15, 0.2) is 17.2 Å². The van der Waals surface area contributed by atoms with Crippen molar-refractivity contribution in [3.8, 4) is 0 Å². The first-order valence-electron chi connectivity index (χ1n) is 7.50. The highest BCUT2D eigenvalue weighted by atomic mass is 35.5. The van der Waals surface area contributed by atoms with E-state index in [9.17, 15) is 18.0 Å². The van der Waals surface area contributed by atoms with E-state index in [1.54, 1.807) is 6.92 Å². The number of rotatable bonds is 4. The third-order valence-corrected chi connectivity index (χ3v) is 6.40. The molecule has 0 aromatic carbocycles. The van der Waals surface area contributed by atoms with Crippen molar-refractivity contribution >= 4 is 33.6 Å². The number of sulfonamides is 1. The second kappa shape index (κ2) is 5.98. The number of halogens is 1. The van der Waals surface area contributed by atoms with Gasteiger partial charge in [-0.15, -0.1) is 0 Å². The van der Waals surface area contributed by atoms with Crippen molar-refractivity contribution < 1.29 is 18.0 Å². The molecule has 1 aliphatic carbocycles. The minimum atomic E-state index is -3.78. The van der Waals surface area contributed by atoms with Crippen LogP contribution >= 0.6 is 11.6 Å². The predicted molar refractivity (Wildman–Crippen MR) is 85.9 cm³/mol. The van der Waals surface area contributed by atoms with Crippen molar-refractivity contribution in [1.29, 1.82) is 0 Å². The third kappa shape index (κ3) is 2.87. The van der Waals surface area contributed by atoms with Crippen LogP contribution in [-0.4, -0.2) is 37.4 Å². The Labute approximate surface area is 144 Å². The number of hydrogen-bond acceptors (Lipinski definition) is 5. The van der Waals surface area contributed by atoms with Gasteiger partial charge in [0.25, 0.3) is 5.91 Å². The normalized spacial score (nSPS) is 26.7. The molecule has 2 heterocycles. The first kappa shape index (κ1) is 17.1. The molecule has 2 aliphatic rings. The lowest BCUT2D eigenvalue weighted by Gasteiger charge is -2.28. The Morgan fingerprint density at radius 2 is 2.21 bits per heavy atom. The molecule has 1 spiro atoms. The molecule has 1 aliphatic heterocycles. The summed E-state index contributed by atoms with van der Waals surface area (Å²) in [7, 11) is -3.78. The number of nitrogens with zero attached hydrogens (tertiary/aromatic N) is 1. The highest BCUT2D eigenvalue weighted by Crippen LogP contribution is 2.37. The van der Waals surface area contributed by atoms with Crippen molar-refractivity contribution in [1.82, 2.24) is 20.3 Å². The average molecular weight is 373 g/mol. The second-order valence-electron chi connectivity index (χ2n) is 6.10. The lowest BCUT2D eigenvalue weighted by atomic mass is 9.87. The summed E-state index contributed by atoms with van der Waals surface area (Å²) < 4.78 is 27.3. The molecule has 2 fully saturated rings. The standard InChI is InChI=1S/C14H17ClN4O4S/c1-8-5-10(7-16-11(8)15)24(22,23)17-6-9-3-2-4-14(9)12(20)18-13(21)19-14/h5,7,9,17H,2-4,6H2,1H3,(H2,18,19,20,21). The summed E-state index contributed by atoms with van der Waals surface area (Å²) in [5.41, 5.74) is -0.465. The van der Waals surface area contributed by atoms with Gasteiger partial charge in [-0.1, -0.05) is 18.0 Å². The first-order chi connectivity index (χ1) is 11.2. The van der Waals surface area contributed by atoms with Crippen LogP contribution in [0.1, 0.15) is 24.8 Å². The Morgan fingerprint density at radius 1 is 1.46 bits per heavy atom. The Bertz CT molecular complexity index is 813. The molecule has 3 amide bonds. The Morgan fingerprint density at radius 3 is 2.83 bits per heavy atom. The number of imide groups is 1. The van der Waals surface area contributed by atoms with Gasteiger partial charge in [0, 0.05) is 18.7 Å². The average Bonchev–Trinajstić information content (AvgIpc) is 3.04. The SMILES string of the molecule is Cc1cc(S(=O)(=O)NCC2CCCC23NC(=O)NC3=O)cnc1Cl. The lowest BCUT2D eigenvalue weighted by molar-refractivity contribution is -0.125. The molecule has 1 saturated carbocycles. The van der Waals surface area contributed by atoms with Crippen molar-refractivity contribution in [2.24, 2.45) is 5.92 Å². The molecule has 2 atom stereocenters. The molecule has 2 unspecified atom stereocenters. The quantitative estimate of drug-likeness (QED) is 0.531. The van der Waals surface area contributed by atoms with Crippen molar-refractivity contribution in [3.63, 3.8) is 0 Å². The fourth-order valence-corrected chi connectivity index (χ4v) is 4.51. The van der Waals surface area contributed by atoms with Gasteiger partial charge in [-0.2, -0.15) is 0 Å². The van der Waals surface area contributed by atoms with Gasteiger partial charge in [0.15, 0.2) is 0 Å². The summed E-state index contributed by atoms with van der Waals surface area (Å²) in [5.74, 6) is -0.696. The van der Waals surface area contributed by atoms with Crippen molar-refractivity contribution in [3.05, 3.63) is 23.0 Å². The van der Waals surface area contributed by atoms with Gasteiger partial charge in [-0.25, -0.2) is 22.9 Å². The molecule has 3 rings (SSSR count). The number of urea groups is 1. The van der Waals surface area contributed by atoms with Gasteiger partial charge in [-0.3, -0.25) is 10.1 Å². The van der Waals surface area contributed by atoms with Crippen molar-refractivity contribution in [2.45, 2.75) is 36.6 Å². The van der Waals surface area contributed by atoms with E-state index in [2.05, 4.69) is 20.3 Å². The molecule has 1 aromatic rings. The van der Waals surface area contributed by atoms with Gasteiger partial charge in [0.2, 0.25) is 10.0 Å². The molecule has 8 nitrogen and oxygen atoms in total. The largest absolute Gasteiger partial charge is 0.323 e. The molecule has 3 N–H and O–H groups in total. The molecule has 24 heavy (non-hydrogen) atoms. The van der Waals surface area contributed by atoms with E-state index in [1.165, 1.54) is 12.3 Å².